The highest BCUT2D eigenvalue weighted by Crippen LogP contribution is 2.34. The molecule has 0 aliphatic carbocycles. The molecule has 0 aliphatic heterocycles. The summed E-state index contributed by atoms with van der Waals surface area (Å²) in [7, 11) is 5.40. The molecule has 0 fully saturated rings. The van der Waals surface area contributed by atoms with E-state index in [0.717, 1.165) is 23.3 Å². The zero-order valence-electron chi connectivity index (χ0n) is 12.5. The Morgan fingerprint density at radius 1 is 1.38 bits per heavy atom. The average molecular weight is 310 g/mol. The Morgan fingerprint density at radius 2 is 2.19 bits per heavy atom. The number of methoxy groups -OCH3 is 1. The second-order valence-corrected chi connectivity index (χ2v) is 5.18. The van der Waals surface area contributed by atoms with Gasteiger partial charge in [-0.05, 0) is 18.7 Å². The van der Waals surface area contributed by atoms with Crippen molar-refractivity contribution in [3.63, 3.8) is 0 Å². The maximum Gasteiger partial charge on any atom is 0.165 e. The van der Waals surface area contributed by atoms with E-state index in [0.29, 0.717) is 23.9 Å². The highest BCUT2D eigenvalue weighted by molar-refractivity contribution is 6.30. The number of nitrogens with one attached hydrogen (secondary N) is 1. The monoisotopic (exact) mass is 309 g/mol. The van der Waals surface area contributed by atoms with E-state index in [1.165, 1.54) is 0 Å². The Labute approximate surface area is 129 Å². The van der Waals surface area contributed by atoms with Crippen LogP contribution in [-0.4, -0.2) is 30.5 Å². The van der Waals surface area contributed by atoms with Crippen molar-refractivity contribution in [1.29, 1.82) is 0 Å². The summed E-state index contributed by atoms with van der Waals surface area (Å²) in [4.78, 5) is 0. The van der Waals surface area contributed by atoms with Gasteiger partial charge in [0.05, 0.1) is 19.9 Å². The molecule has 0 atom stereocenters. The summed E-state index contributed by atoms with van der Waals surface area (Å²) in [5.74, 6) is 1.39. The fraction of sp³-hybridized carbons (Fsp3) is 0.400. The molecule has 2 aromatic rings. The summed E-state index contributed by atoms with van der Waals surface area (Å²) in [6, 6.07) is 3.65. The predicted octanol–water partition coefficient (Wildman–Crippen LogP) is 2.42. The largest absolute Gasteiger partial charge is 0.493 e. The lowest BCUT2D eigenvalue weighted by Gasteiger charge is -2.15. The van der Waals surface area contributed by atoms with Gasteiger partial charge in [0, 0.05) is 42.9 Å². The third kappa shape index (κ3) is 4.12. The molecule has 0 radical (unpaired) electrons. The Hall–Kier alpha value is -1.72. The molecule has 0 unspecified atom stereocenters. The Bertz CT molecular complexity index is 599. The molecule has 114 valence electrons. The van der Waals surface area contributed by atoms with E-state index < -0.39 is 0 Å². The summed E-state index contributed by atoms with van der Waals surface area (Å²) in [6.45, 7) is 1.22. The third-order valence-electron chi connectivity index (χ3n) is 3.08. The number of ether oxygens (including phenoxy) is 2. The van der Waals surface area contributed by atoms with E-state index in [1.54, 1.807) is 17.9 Å². The lowest BCUT2D eigenvalue weighted by molar-refractivity contribution is 0.294. The second kappa shape index (κ2) is 7.33. The number of aromatic nitrogens is 2. The standard InChI is InChI=1S/C15H20ClN3O2/c1-17-9-12-6-13(16)7-14(20-3)15(12)21-5-4-11-8-18-19(2)10-11/h6-8,10,17H,4-5,9H2,1-3H3. The van der Waals surface area contributed by atoms with Crippen LogP contribution in [0, 0.1) is 0 Å². The number of hydrogen-bond acceptors (Lipinski definition) is 4. The molecule has 21 heavy (non-hydrogen) atoms. The van der Waals surface area contributed by atoms with Crippen molar-refractivity contribution in [1.82, 2.24) is 15.1 Å². The SMILES string of the molecule is CNCc1cc(Cl)cc(OC)c1OCCc1cnn(C)c1. The quantitative estimate of drug-likeness (QED) is 0.853. The first-order chi connectivity index (χ1) is 10.1. The Kier molecular flexibility index (Phi) is 5.47. The van der Waals surface area contributed by atoms with Crippen LogP contribution in [0.5, 0.6) is 11.5 Å². The molecule has 6 heteroatoms. The van der Waals surface area contributed by atoms with Gasteiger partial charge in [0.15, 0.2) is 11.5 Å². The van der Waals surface area contributed by atoms with Crippen LogP contribution in [0.15, 0.2) is 24.5 Å². The molecule has 1 heterocycles. The highest BCUT2D eigenvalue weighted by atomic mass is 35.5. The minimum absolute atomic E-state index is 0.556. The van der Waals surface area contributed by atoms with Crippen molar-refractivity contribution >= 4 is 11.6 Å². The van der Waals surface area contributed by atoms with Crippen LogP contribution in [0.4, 0.5) is 0 Å². The minimum atomic E-state index is 0.556. The number of rotatable bonds is 7. The fourth-order valence-corrected chi connectivity index (χ4v) is 2.36. The van der Waals surface area contributed by atoms with Crippen LogP contribution in [0.3, 0.4) is 0 Å². The van der Waals surface area contributed by atoms with Gasteiger partial charge < -0.3 is 14.8 Å². The van der Waals surface area contributed by atoms with Crippen molar-refractivity contribution in [3.8, 4) is 11.5 Å². The molecule has 0 saturated carbocycles. The zero-order chi connectivity index (χ0) is 15.2. The van der Waals surface area contributed by atoms with Gasteiger partial charge in [0.1, 0.15) is 0 Å². The van der Waals surface area contributed by atoms with Gasteiger partial charge in [-0.15, -0.1) is 0 Å². The van der Waals surface area contributed by atoms with Gasteiger partial charge in [-0.3, -0.25) is 4.68 Å². The van der Waals surface area contributed by atoms with Gasteiger partial charge in [-0.1, -0.05) is 11.6 Å². The van der Waals surface area contributed by atoms with Crippen LogP contribution >= 0.6 is 11.6 Å². The number of nitrogens with zero attached hydrogens (tertiary/aromatic N) is 2. The van der Waals surface area contributed by atoms with Crippen molar-refractivity contribution in [2.24, 2.45) is 7.05 Å². The van der Waals surface area contributed by atoms with E-state index in [2.05, 4.69) is 10.4 Å². The van der Waals surface area contributed by atoms with Crippen LogP contribution in [0.1, 0.15) is 11.1 Å². The van der Waals surface area contributed by atoms with Crippen LogP contribution < -0.4 is 14.8 Å². The normalized spacial score (nSPS) is 10.7. The van der Waals surface area contributed by atoms with Crippen molar-refractivity contribution in [3.05, 3.63) is 40.7 Å². The Morgan fingerprint density at radius 3 is 2.81 bits per heavy atom. The Balaban J connectivity index is 2.10. The van der Waals surface area contributed by atoms with Crippen LogP contribution in [-0.2, 0) is 20.0 Å². The number of hydrogen-bond donors (Lipinski definition) is 1. The predicted molar refractivity (Wildman–Crippen MR) is 83.2 cm³/mol. The zero-order valence-corrected chi connectivity index (χ0v) is 13.3. The molecule has 0 saturated heterocycles. The van der Waals surface area contributed by atoms with Crippen molar-refractivity contribution in [2.45, 2.75) is 13.0 Å². The van der Waals surface area contributed by atoms with Gasteiger partial charge in [-0.2, -0.15) is 5.10 Å². The lowest BCUT2D eigenvalue weighted by Crippen LogP contribution is -2.10. The highest BCUT2D eigenvalue weighted by Gasteiger charge is 2.12. The van der Waals surface area contributed by atoms with Gasteiger partial charge >= 0.3 is 0 Å². The maximum atomic E-state index is 6.09. The summed E-state index contributed by atoms with van der Waals surface area (Å²) >= 11 is 6.09. The van der Waals surface area contributed by atoms with E-state index in [9.17, 15) is 0 Å². The summed E-state index contributed by atoms with van der Waals surface area (Å²) in [6.07, 6.45) is 4.62. The average Bonchev–Trinajstić information content (AvgIpc) is 2.86. The molecule has 0 bridgehead atoms. The number of halogens is 1. The van der Waals surface area contributed by atoms with Crippen molar-refractivity contribution in [2.75, 3.05) is 20.8 Å². The second-order valence-electron chi connectivity index (χ2n) is 4.75. The van der Waals surface area contributed by atoms with Crippen LogP contribution in [0.2, 0.25) is 5.02 Å². The lowest BCUT2D eigenvalue weighted by atomic mass is 10.2. The molecule has 0 aliphatic rings. The molecule has 5 nitrogen and oxygen atoms in total. The fourth-order valence-electron chi connectivity index (χ4n) is 2.13. The molecule has 1 aromatic heterocycles. The minimum Gasteiger partial charge on any atom is -0.493 e. The molecule has 0 amide bonds. The molecule has 1 aromatic carbocycles. The summed E-state index contributed by atoms with van der Waals surface area (Å²) in [5, 5.41) is 7.89. The molecular formula is C15H20ClN3O2. The van der Waals surface area contributed by atoms with Gasteiger partial charge in [0.25, 0.3) is 0 Å². The third-order valence-corrected chi connectivity index (χ3v) is 3.30. The first kappa shape index (κ1) is 15.7. The van der Waals surface area contributed by atoms with E-state index in [4.69, 9.17) is 21.1 Å². The first-order valence-electron chi connectivity index (χ1n) is 6.75. The van der Waals surface area contributed by atoms with Crippen molar-refractivity contribution < 1.29 is 9.47 Å². The summed E-state index contributed by atoms with van der Waals surface area (Å²) in [5.41, 5.74) is 2.12. The molecule has 1 N–H and O–H groups in total. The van der Waals surface area contributed by atoms with E-state index >= 15 is 0 Å². The van der Waals surface area contributed by atoms with E-state index in [1.807, 2.05) is 32.6 Å². The van der Waals surface area contributed by atoms with Crippen LogP contribution in [0.25, 0.3) is 0 Å². The maximum absolute atomic E-state index is 6.09. The first-order valence-corrected chi connectivity index (χ1v) is 7.13. The van der Waals surface area contributed by atoms with Gasteiger partial charge in [0.2, 0.25) is 0 Å². The summed E-state index contributed by atoms with van der Waals surface area (Å²) < 4.78 is 13.1. The molecular weight excluding hydrogens is 290 g/mol. The molecule has 2 rings (SSSR count). The van der Waals surface area contributed by atoms with E-state index in [-0.39, 0.29) is 0 Å². The topological polar surface area (TPSA) is 48.3 Å². The molecule has 0 spiro atoms. The number of benzene rings is 1. The number of aryl methyl sites for hydroxylation is 1. The van der Waals surface area contributed by atoms with Gasteiger partial charge in [-0.25, -0.2) is 0 Å². The smallest absolute Gasteiger partial charge is 0.165 e.